The number of rotatable bonds is 3. The van der Waals surface area contributed by atoms with Crippen LogP contribution < -0.4 is 0 Å². The van der Waals surface area contributed by atoms with Crippen molar-refractivity contribution in [3.63, 3.8) is 0 Å². The molecule has 0 saturated heterocycles. The molecule has 7 heteroatoms. The molecule has 0 unspecified atom stereocenters. The van der Waals surface area contributed by atoms with Crippen molar-refractivity contribution in [2.75, 3.05) is 0 Å². The summed E-state index contributed by atoms with van der Waals surface area (Å²) in [5.74, 6) is -2.57. The van der Waals surface area contributed by atoms with Crippen molar-refractivity contribution in [2.24, 2.45) is 0 Å². The highest BCUT2D eigenvalue weighted by Gasteiger charge is 2.19. The molecule has 23 heavy (non-hydrogen) atoms. The van der Waals surface area contributed by atoms with Crippen LogP contribution in [0.15, 0.2) is 36.4 Å². The zero-order valence-electron chi connectivity index (χ0n) is 11.6. The van der Waals surface area contributed by atoms with E-state index in [1.165, 1.54) is 22.8 Å². The summed E-state index contributed by atoms with van der Waals surface area (Å²) < 4.78 is 15.5. The number of carbonyl (C=O) groups is 1. The molecule has 0 radical (unpaired) electrons. The number of hydrogen-bond donors (Lipinski definition) is 2. The van der Waals surface area contributed by atoms with Crippen LogP contribution in [0, 0.1) is 5.82 Å². The Morgan fingerprint density at radius 3 is 2.52 bits per heavy atom. The second-order valence-corrected chi connectivity index (χ2v) is 5.82. The van der Waals surface area contributed by atoms with Crippen molar-refractivity contribution in [3.05, 3.63) is 63.5 Å². The number of benzene rings is 2. The lowest BCUT2D eigenvalue weighted by Crippen LogP contribution is -2.09. The fourth-order valence-electron chi connectivity index (χ4n) is 2.46. The minimum absolute atomic E-state index is 0.0439. The Hall–Kier alpha value is -2.24. The summed E-state index contributed by atoms with van der Waals surface area (Å²) >= 11 is 11.8. The number of fused-ring (bicyclic) bond motifs is 1. The van der Waals surface area contributed by atoms with E-state index < -0.39 is 17.5 Å². The van der Waals surface area contributed by atoms with Gasteiger partial charge in [0.1, 0.15) is 5.69 Å². The van der Waals surface area contributed by atoms with Gasteiger partial charge in [-0.1, -0.05) is 29.3 Å². The summed E-state index contributed by atoms with van der Waals surface area (Å²) in [5.41, 5.74) is 0.993. The van der Waals surface area contributed by atoms with Crippen molar-refractivity contribution < 1.29 is 19.4 Å². The minimum atomic E-state index is -1.19. The van der Waals surface area contributed by atoms with E-state index in [1.807, 2.05) is 0 Å². The lowest BCUT2D eigenvalue weighted by atomic mass is 10.2. The second-order valence-electron chi connectivity index (χ2n) is 5.00. The molecule has 4 nitrogen and oxygen atoms in total. The first-order valence-corrected chi connectivity index (χ1v) is 7.32. The van der Waals surface area contributed by atoms with Crippen LogP contribution in [0.3, 0.4) is 0 Å². The number of carboxylic acids is 1. The predicted octanol–water partition coefficient (Wildman–Crippen LogP) is 4.54. The lowest BCUT2D eigenvalue weighted by Gasteiger charge is -2.10. The Kier molecular flexibility index (Phi) is 3.92. The second kappa shape index (κ2) is 5.76. The normalized spacial score (nSPS) is 11.1. The van der Waals surface area contributed by atoms with Gasteiger partial charge >= 0.3 is 5.97 Å². The molecule has 0 spiro atoms. The number of aromatic hydroxyl groups is 1. The minimum Gasteiger partial charge on any atom is -0.505 e. The van der Waals surface area contributed by atoms with Crippen molar-refractivity contribution in [2.45, 2.75) is 6.54 Å². The quantitative estimate of drug-likeness (QED) is 0.726. The van der Waals surface area contributed by atoms with E-state index in [4.69, 9.17) is 23.2 Å². The fraction of sp³-hybridized carbons (Fsp3) is 0.0625. The zero-order valence-corrected chi connectivity index (χ0v) is 13.1. The van der Waals surface area contributed by atoms with Crippen molar-refractivity contribution >= 4 is 40.1 Å². The molecule has 0 atom stereocenters. The first-order chi connectivity index (χ1) is 10.9. The van der Waals surface area contributed by atoms with Crippen LogP contribution >= 0.6 is 23.2 Å². The Morgan fingerprint density at radius 2 is 1.87 bits per heavy atom. The van der Waals surface area contributed by atoms with Crippen LogP contribution in [0.2, 0.25) is 10.0 Å². The highest BCUT2D eigenvalue weighted by Crippen LogP contribution is 2.30. The summed E-state index contributed by atoms with van der Waals surface area (Å²) in [6.45, 7) is 0.173. The average molecular weight is 354 g/mol. The predicted molar refractivity (Wildman–Crippen MR) is 86.1 cm³/mol. The molecule has 0 saturated carbocycles. The smallest absolute Gasteiger partial charge is 0.352 e. The van der Waals surface area contributed by atoms with Crippen LogP contribution in [0.1, 0.15) is 16.1 Å². The van der Waals surface area contributed by atoms with Gasteiger partial charge in [-0.15, -0.1) is 0 Å². The number of halogens is 3. The van der Waals surface area contributed by atoms with E-state index in [-0.39, 0.29) is 17.6 Å². The summed E-state index contributed by atoms with van der Waals surface area (Å²) in [7, 11) is 0. The van der Waals surface area contributed by atoms with Crippen LogP contribution in [-0.4, -0.2) is 20.7 Å². The number of hydrogen-bond acceptors (Lipinski definition) is 2. The molecule has 3 aromatic rings. The van der Waals surface area contributed by atoms with Gasteiger partial charge in [0.2, 0.25) is 0 Å². The Morgan fingerprint density at radius 1 is 1.13 bits per heavy atom. The molecular formula is C16H10Cl2FNO3. The van der Waals surface area contributed by atoms with E-state index in [0.29, 0.717) is 21.1 Å². The van der Waals surface area contributed by atoms with E-state index >= 15 is 0 Å². The molecule has 118 valence electrons. The third-order valence-electron chi connectivity index (χ3n) is 3.54. The third kappa shape index (κ3) is 2.73. The summed E-state index contributed by atoms with van der Waals surface area (Å²) in [6.07, 6.45) is 0. The van der Waals surface area contributed by atoms with E-state index in [0.717, 1.165) is 0 Å². The van der Waals surface area contributed by atoms with Crippen molar-refractivity contribution in [1.29, 1.82) is 0 Å². The zero-order chi connectivity index (χ0) is 16.7. The molecule has 0 aliphatic carbocycles. The fourth-order valence-corrected chi connectivity index (χ4v) is 2.78. The monoisotopic (exact) mass is 353 g/mol. The van der Waals surface area contributed by atoms with Crippen LogP contribution in [0.4, 0.5) is 4.39 Å². The molecule has 1 aromatic heterocycles. The van der Waals surface area contributed by atoms with Gasteiger partial charge in [0.25, 0.3) is 0 Å². The summed E-state index contributed by atoms with van der Waals surface area (Å²) in [6, 6.07) is 8.80. The summed E-state index contributed by atoms with van der Waals surface area (Å²) in [4.78, 5) is 11.4. The van der Waals surface area contributed by atoms with Crippen molar-refractivity contribution in [1.82, 2.24) is 4.57 Å². The maximum atomic E-state index is 14.0. The number of phenols is 1. The number of carboxylic acid groups (broad SMARTS) is 1. The van der Waals surface area contributed by atoms with E-state index in [2.05, 4.69) is 0 Å². The Labute approximate surface area is 140 Å². The Balaban J connectivity index is 2.18. The van der Waals surface area contributed by atoms with Gasteiger partial charge in [0.05, 0.1) is 15.6 Å². The maximum Gasteiger partial charge on any atom is 0.352 e. The molecule has 0 fully saturated rings. The average Bonchev–Trinajstić information content (AvgIpc) is 2.86. The molecule has 0 aliphatic rings. The molecule has 0 bridgehead atoms. The van der Waals surface area contributed by atoms with Gasteiger partial charge in [-0.25, -0.2) is 9.18 Å². The third-order valence-corrected chi connectivity index (χ3v) is 4.28. The highest BCUT2D eigenvalue weighted by atomic mass is 35.5. The van der Waals surface area contributed by atoms with Gasteiger partial charge in [0.15, 0.2) is 11.6 Å². The first-order valence-electron chi connectivity index (χ1n) is 6.56. The summed E-state index contributed by atoms with van der Waals surface area (Å²) in [5, 5.41) is 19.6. The van der Waals surface area contributed by atoms with Gasteiger partial charge < -0.3 is 14.8 Å². The number of aromatic nitrogens is 1. The first kappa shape index (κ1) is 15.6. The topological polar surface area (TPSA) is 62.5 Å². The molecule has 2 aromatic carbocycles. The van der Waals surface area contributed by atoms with Crippen LogP contribution in [-0.2, 0) is 6.54 Å². The van der Waals surface area contributed by atoms with Crippen molar-refractivity contribution in [3.8, 4) is 5.75 Å². The molecule has 0 aliphatic heterocycles. The van der Waals surface area contributed by atoms with Gasteiger partial charge in [-0.2, -0.15) is 0 Å². The molecule has 1 heterocycles. The number of aromatic carboxylic acids is 1. The van der Waals surface area contributed by atoms with Crippen LogP contribution in [0.5, 0.6) is 5.75 Å². The standard InChI is InChI=1S/C16H10Cl2FNO3/c17-10-2-1-8(5-11(10)18)7-20-12-3-4-14(21)15(19)9(12)6-13(20)16(22)23/h1-6,21H,7H2,(H,22,23). The van der Waals surface area contributed by atoms with Gasteiger partial charge in [-0.05, 0) is 35.9 Å². The van der Waals surface area contributed by atoms with Gasteiger partial charge in [0, 0.05) is 11.9 Å². The number of phenolic OH excluding ortho intramolecular Hbond substituents is 1. The van der Waals surface area contributed by atoms with Gasteiger partial charge in [-0.3, -0.25) is 0 Å². The lowest BCUT2D eigenvalue weighted by molar-refractivity contribution is 0.0686. The SMILES string of the molecule is O=C(O)c1cc2c(F)c(O)ccc2n1Cc1ccc(Cl)c(Cl)c1. The Bertz CT molecular complexity index is 937. The van der Waals surface area contributed by atoms with Crippen LogP contribution in [0.25, 0.3) is 10.9 Å². The van der Waals surface area contributed by atoms with E-state index in [9.17, 15) is 19.4 Å². The van der Waals surface area contributed by atoms with E-state index in [1.54, 1.807) is 18.2 Å². The number of nitrogens with zero attached hydrogens (tertiary/aromatic N) is 1. The largest absolute Gasteiger partial charge is 0.505 e. The molecule has 2 N–H and O–H groups in total. The molecule has 3 rings (SSSR count). The molecule has 0 amide bonds. The molecular weight excluding hydrogens is 344 g/mol. The maximum absolute atomic E-state index is 14.0. The highest BCUT2D eigenvalue weighted by molar-refractivity contribution is 6.42.